The number of nitrogen functional groups attached to an aromatic ring is 1. The molecule has 3 aromatic carbocycles. The van der Waals surface area contributed by atoms with E-state index in [-0.39, 0.29) is 17.8 Å². The molecule has 248 valence electrons. The first-order chi connectivity index (χ1) is 23.7. The Morgan fingerprint density at radius 3 is 2.33 bits per heavy atom. The van der Waals surface area contributed by atoms with Crippen molar-refractivity contribution < 1.29 is 14.4 Å². The highest BCUT2D eigenvalue weighted by Crippen LogP contribution is 2.26. The molecule has 2 aromatic heterocycles. The van der Waals surface area contributed by atoms with Crippen molar-refractivity contribution in [3.8, 4) is 11.1 Å². The van der Waals surface area contributed by atoms with Gasteiger partial charge in [0.2, 0.25) is 5.91 Å². The molecule has 0 aliphatic carbocycles. The van der Waals surface area contributed by atoms with Crippen molar-refractivity contribution >= 4 is 46.4 Å². The van der Waals surface area contributed by atoms with Gasteiger partial charge in [0.25, 0.3) is 5.91 Å². The Kier molecular flexibility index (Phi) is 9.80. The number of amides is 4. The Hall–Kier alpha value is -6.23. The van der Waals surface area contributed by atoms with E-state index < -0.39 is 0 Å². The first-order valence-electron chi connectivity index (χ1n) is 16.0. The number of pyridine rings is 2. The number of carbonyl (C=O) groups excluding carboxylic acids is 3. The predicted molar refractivity (Wildman–Crippen MR) is 193 cm³/mol. The summed E-state index contributed by atoms with van der Waals surface area (Å²) in [4.78, 5) is 52.0. The molecule has 0 atom stereocenters. The van der Waals surface area contributed by atoms with Gasteiger partial charge in [0, 0.05) is 68.8 Å². The van der Waals surface area contributed by atoms with Crippen LogP contribution in [0.4, 0.5) is 33.4 Å². The van der Waals surface area contributed by atoms with Gasteiger partial charge in [-0.05, 0) is 77.7 Å². The quantitative estimate of drug-likeness (QED) is 0.145. The zero-order valence-electron chi connectivity index (χ0n) is 27.5. The molecule has 0 bridgehead atoms. The van der Waals surface area contributed by atoms with Crippen molar-refractivity contribution in [2.45, 2.75) is 19.4 Å². The van der Waals surface area contributed by atoms with Gasteiger partial charge in [-0.15, -0.1) is 0 Å². The van der Waals surface area contributed by atoms with E-state index in [2.05, 4.69) is 20.6 Å². The SMILES string of the molecule is CN(C)C(=O)c1ccc(-c2ccc(Nc3cncc(N4CCN(Cc5ccc(NC(=O)CCc6cccc(N)c6)cc5)C4=O)c3)nc2)cc1. The van der Waals surface area contributed by atoms with Crippen LogP contribution < -0.4 is 21.3 Å². The molecule has 3 heterocycles. The lowest BCUT2D eigenvalue weighted by molar-refractivity contribution is -0.116. The van der Waals surface area contributed by atoms with Crippen molar-refractivity contribution in [2.75, 3.05) is 48.5 Å². The summed E-state index contributed by atoms with van der Waals surface area (Å²) in [6.07, 6.45) is 6.11. The maximum absolute atomic E-state index is 13.4. The number of nitrogens with two attached hydrogens (primary N) is 1. The van der Waals surface area contributed by atoms with E-state index in [9.17, 15) is 14.4 Å². The zero-order chi connectivity index (χ0) is 34.3. The molecule has 1 saturated heterocycles. The third-order valence-corrected chi connectivity index (χ3v) is 8.24. The summed E-state index contributed by atoms with van der Waals surface area (Å²) in [5.41, 5.74) is 13.1. The first kappa shape index (κ1) is 32.7. The standard InChI is InChI=1S/C38H38N8O3/c1-44(2)37(48)29-11-9-28(10-12-29)30-13-16-35(41-22-30)42-33-21-34(24-40-23-33)46-19-18-45(38(46)49)25-27-6-14-32(15-7-27)43-36(47)17-8-26-4-3-5-31(39)20-26/h3-7,9-16,20-24H,8,17-19,25,39H2,1-2H3,(H,41,42)(H,43,47). The van der Waals surface area contributed by atoms with E-state index in [0.717, 1.165) is 22.3 Å². The van der Waals surface area contributed by atoms with Gasteiger partial charge in [-0.2, -0.15) is 0 Å². The molecular weight excluding hydrogens is 616 g/mol. The number of carbonyl (C=O) groups is 3. The monoisotopic (exact) mass is 654 g/mol. The third-order valence-electron chi connectivity index (χ3n) is 8.24. The van der Waals surface area contributed by atoms with Crippen LogP contribution in [0.25, 0.3) is 11.1 Å². The highest BCUT2D eigenvalue weighted by Gasteiger charge is 2.30. The Morgan fingerprint density at radius 1 is 0.837 bits per heavy atom. The summed E-state index contributed by atoms with van der Waals surface area (Å²) < 4.78 is 0. The topological polar surface area (TPSA) is 137 Å². The number of nitrogens with zero attached hydrogens (tertiary/aromatic N) is 5. The number of benzene rings is 3. The number of hydrogen-bond donors (Lipinski definition) is 3. The molecule has 11 nitrogen and oxygen atoms in total. The number of hydrogen-bond acceptors (Lipinski definition) is 7. The van der Waals surface area contributed by atoms with Crippen molar-refractivity contribution in [1.82, 2.24) is 19.8 Å². The molecule has 49 heavy (non-hydrogen) atoms. The van der Waals surface area contributed by atoms with E-state index >= 15 is 0 Å². The van der Waals surface area contributed by atoms with E-state index in [1.165, 1.54) is 0 Å². The maximum atomic E-state index is 13.4. The van der Waals surface area contributed by atoms with Crippen molar-refractivity contribution in [2.24, 2.45) is 0 Å². The lowest BCUT2D eigenvalue weighted by Gasteiger charge is -2.19. The van der Waals surface area contributed by atoms with Gasteiger partial charge >= 0.3 is 6.03 Å². The highest BCUT2D eigenvalue weighted by atomic mass is 16.2. The molecule has 1 fully saturated rings. The number of anilines is 5. The van der Waals surface area contributed by atoms with Gasteiger partial charge < -0.3 is 26.2 Å². The molecule has 0 spiro atoms. The molecule has 1 aliphatic heterocycles. The van der Waals surface area contributed by atoms with Crippen LogP contribution in [-0.2, 0) is 17.8 Å². The predicted octanol–water partition coefficient (Wildman–Crippen LogP) is 6.18. The van der Waals surface area contributed by atoms with Crippen LogP contribution in [0.5, 0.6) is 0 Å². The smallest absolute Gasteiger partial charge is 0.324 e. The summed E-state index contributed by atoms with van der Waals surface area (Å²) in [6, 6.07) is 28.2. The number of urea groups is 1. The van der Waals surface area contributed by atoms with Crippen LogP contribution >= 0.6 is 0 Å². The second kappa shape index (κ2) is 14.7. The second-order valence-corrected chi connectivity index (χ2v) is 12.1. The van der Waals surface area contributed by atoms with Crippen LogP contribution in [0.2, 0.25) is 0 Å². The fraction of sp³-hybridized carbons (Fsp3) is 0.184. The fourth-order valence-corrected chi connectivity index (χ4v) is 5.61. The molecule has 4 N–H and O–H groups in total. The van der Waals surface area contributed by atoms with Crippen molar-refractivity contribution in [3.63, 3.8) is 0 Å². The summed E-state index contributed by atoms with van der Waals surface area (Å²) >= 11 is 0. The van der Waals surface area contributed by atoms with Crippen LogP contribution in [-0.4, -0.2) is 64.8 Å². The Morgan fingerprint density at radius 2 is 1.61 bits per heavy atom. The molecule has 1 aliphatic rings. The van der Waals surface area contributed by atoms with Gasteiger partial charge in [0.05, 0.1) is 23.8 Å². The number of rotatable bonds is 11. The second-order valence-electron chi connectivity index (χ2n) is 12.1. The Balaban J connectivity index is 1.01. The van der Waals surface area contributed by atoms with E-state index in [0.29, 0.717) is 66.6 Å². The fourth-order valence-electron chi connectivity index (χ4n) is 5.61. The van der Waals surface area contributed by atoms with Gasteiger partial charge in [-0.1, -0.05) is 36.4 Å². The molecule has 0 saturated carbocycles. The van der Waals surface area contributed by atoms with Gasteiger partial charge in [0.1, 0.15) is 5.82 Å². The minimum Gasteiger partial charge on any atom is -0.399 e. The minimum atomic E-state index is -0.0985. The summed E-state index contributed by atoms with van der Waals surface area (Å²) in [7, 11) is 3.46. The van der Waals surface area contributed by atoms with Crippen LogP contribution in [0.15, 0.2) is 110 Å². The zero-order valence-corrected chi connectivity index (χ0v) is 27.5. The van der Waals surface area contributed by atoms with Crippen molar-refractivity contribution in [3.05, 3.63) is 126 Å². The lowest BCUT2D eigenvalue weighted by Crippen LogP contribution is -2.31. The molecule has 5 aromatic rings. The average molecular weight is 655 g/mol. The normalized spacial score (nSPS) is 12.6. The van der Waals surface area contributed by atoms with Crippen molar-refractivity contribution in [1.29, 1.82) is 0 Å². The molecule has 6 rings (SSSR count). The van der Waals surface area contributed by atoms with Crippen LogP contribution in [0.1, 0.15) is 27.9 Å². The van der Waals surface area contributed by atoms with Gasteiger partial charge in [0.15, 0.2) is 0 Å². The Bertz CT molecular complexity index is 1940. The summed E-state index contributed by atoms with van der Waals surface area (Å²) in [6.45, 7) is 1.57. The summed E-state index contributed by atoms with van der Waals surface area (Å²) in [5.74, 6) is 0.525. The largest absolute Gasteiger partial charge is 0.399 e. The van der Waals surface area contributed by atoms with E-state index in [1.807, 2.05) is 91.0 Å². The van der Waals surface area contributed by atoms with E-state index in [1.54, 1.807) is 47.4 Å². The third kappa shape index (κ3) is 8.20. The lowest BCUT2D eigenvalue weighted by atomic mass is 10.1. The molecule has 4 amide bonds. The highest BCUT2D eigenvalue weighted by molar-refractivity contribution is 5.95. The molecular formula is C38H38N8O3. The maximum Gasteiger partial charge on any atom is 0.324 e. The van der Waals surface area contributed by atoms with Gasteiger partial charge in [-0.3, -0.25) is 19.5 Å². The number of aromatic nitrogens is 2. The molecule has 0 unspecified atom stereocenters. The van der Waals surface area contributed by atoms with Crippen LogP contribution in [0.3, 0.4) is 0 Å². The van der Waals surface area contributed by atoms with Gasteiger partial charge in [-0.25, -0.2) is 9.78 Å². The molecule has 0 radical (unpaired) electrons. The first-order valence-corrected chi connectivity index (χ1v) is 16.0. The van der Waals surface area contributed by atoms with E-state index in [4.69, 9.17) is 5.73 Å². The molecule has 11 heteroatoms. The number of aryl methyl sites for hydroxylation is 1. The minimum absolute atomic E-state index is 0.0423. The summed E-state index contributed by atoms with van der Waals surface area (Å²) in [5, 5.41) is 6.21. The van der Waals surface area contributed by atoms with Crippen LogP contribution in [0, 0.1) is 0 Å². The average Bonchev–Trinajstić information content (AvgIpc) is 3.47. The number of nitrogens with one attached hydrogen (secondary N) is 2. The Labute approximate surface area is 285 Å².